The summed E-state index contributed by atoms with van der Waals surface area (Å²) < 4.78 is 6.06. The topological polar surface area (TPSA) is 100.0 Å². The highest BCUT2D eigenvalue weighted by Gasteiger charge is 2.46. The highest BCUT2D eigenvalue weighted by molar-refractivity contribution is 7.22. The van der Waals surface area contributed by atoms with Crippen molar-refractivity contribution in [1.29, 1.82) is 0 Å². The van der Waals surface area contributed by atoms with E-state index in [0.29, 0.717) is 22.0 Å². The van der Waals surface area contributed by atoms with Crippen LogP contribution in [0.1, 0.15) is 25.5 Å². The predicted molar refractivity (Wildman–Crippen MR) is 114 cm³/mol. The Morgan fingerprint density at radius 2 is 1.87 bits per heavy atom. The van der Waals surface area contributed by atoms with Crippen LogP contribution in [0, 0.1) is 5.92 Å². The number of aromatic hydroxyl groups is 1. The number of anilines is 1. The van der Waals surface area contributed by atoms with Gasteiger partial charge in [-0.05, 0) is 35.9 Å². The molecule has 8 heteroatoms. The van der Waals surface area contributed by atoms with Gasteiger partial charge in [-0.3, -0.25) is 14.5 Å². The number of hydrogen-bond acceptors (Lipinski definition) is 7. The van der Waals surface area contributed by atoms with Crippen LogP contribution in [-0.4, -0.2) is 34.0 Å². The fraction of sp³-hybridized carbons (Fsp3) is 0.227. The van der Waals surface area contributed by atoms with Gasteiger partial charge in [0.05, 0.1) is 28.9 Å². The van der Waals surface area contributed by atoms with Gasteiger partial charge in [0.15, 0.2) is 16.7 Å². The number of rotatable bonds is 5. The quantitative estimate of drug-likeness (QED) is 0.639. The Morgan fingerprint density at radius 3 is 2.50 bits per heavy atom. The molecule has 1 amide bonds. The Hall–Kier alpha value is -3.39. The fourth-order valence-corrected chi connectivity index (χ4v) is 4.48. The maximum atomic E-state index is 13.1. The number of amides is 1. The molecule has 0 saturated carbocycles. The third kappa shape index (κ3) is 3.19. The summed E-state index contributed by atoms with van der Waals surface area (Å²) in [5.74, 6) is -1.24. The average molecular weight is 424 g/mol. The highest BCUT2D eigenvalue weighted by atomic mass is 32.1. The molecule has 0 bridgehead atoms. The van der Waals surface area contributed by atoms with E-state index in [4.69, 9.17) is 4.74 Å². The number of methoxy groups -OCH3 is 1. The number of phenols is 1. The molecule has 1 aliphatic rings. The Bertz CT molecular complexity index is 1180. The van der Waals surface area contributed by atoms with E-state index in [-0.39, 0.29) is 17.1 Å². The zero-order chi connectivity index (χ0) is 21.6. The zero-order valence-corrected chi connectivity index (χ0v) is 17.4. The van der Waals surface area contributed by atoms with E-state index in [1.54, 1.807) is 45.2 Å². The van der Waals surface area contributed by atoms with E-state index >= 15 is 0 Å². The molecule has 3 aromatic rings. The van der Waals surface area contributed by atoms with Gasteiger partial charge in [0.1, 0.15) is 11.5 Å². The summed E-state index contributed by atoms with van der Waals surface area (Å²) >= 11 is 1.27. The number of fused-ring (bicyclic) bond motifs is 1. The molecule has 2 heterocycles. The minimum Gasteiger partial charge on any atom is -0.508 e. The van der Waals surface area contributed by atoms with Gasteiger partial charge >= 0.3 is 0 Å². The summed E-state index contributed by atoms with van der Waals surface area (Å²) in [6.07, 6.45) is 0. The number of ketones is 1. The Morgan fingerprint density at radius 1 is 1.17 bits per heavy atom. The average Bonchev–Trinajstić information content (AvgIpc) is 3.26. The predicted octanol–water partition coefficient (Wildman–Crippen LogP) is 4.14. The molecular weight excluding hydrogens is 404 g/mol. The molecule has 0 radical (unpaired) electrons. The largest absolute Gasteiger partial charge is 0.508 e. The second kappa shape index (κ2) is 7.46. The summed E-state index contributed by atoms with van der Waals surface area (Å²) in [7, 11) is 1.57. The van der Waals surface area contributed by atoms with Crippen molar-refractivity contribution in [2.75, 3.05) is 12.0 Å². The number of carbonyl (C=O) groups excluding carboxylic acids is 2. The highest BCUT2D eigenvalue weighted by Crippen LogP contribution is 2.44. The lowest BCUT2D eigenvalue weighted by molar-refractivity contribution is -0.119. The van der Waals surface area contributed by atoms with Crippen LogP contribution in [0.25, 0.3) is 10.2 Å². The fourth-order valence-electron chi connectivity index (χ4n) is 3.46. The second-order valence-electron chi connectivity index (χ2n) is 7.28. The second-order valence-corrected chi connectivity index (χ2v) is 8.29. The van der Waals surface area contributed by atoms with Crippen LogP contribution in [-0.2, 0) is 9.59 Å². The molecule has 0 aliphatic carbocycles. The molecule has 154 valence electrons. The number of Topliss-reactive ketones (excluding diaryl/α,β-unsaturated/α-hetero) is 1. The van der Waals surface area contributed by atoms with Crippen LogP contribution in [0.4, 0.5) is 5.13 Å². The van der Waals surface area contributed by atoms with Crippen LogP contribution in [0.15, 0.2) is 53.8 Å². The zero-order valence-electron chi connectivity index (χ0n) is 16.6. The van der Waals surface area contributed by atoms with Crippen molar-refractivity contribution in [1.82, 2.24) is 4.98 Å². The minimum absolute atomic E-state index is 0.0394. The Kier molecular flexibility index (Phi) is 4.95. The van der Waals surface area contributed by atoms with E-state index in [1.165, 1.54) is 28.4 Å². The number of aliphatic hydroxyl groups excluding tert-OH is 1. The van der Waals surface area contributed by atoms with Gasteiger partial charge in [-0.15, -0.1) is 0 Å². The summed E-state index contributed by atoms with van der Waals surface area (Å²) in [5.41, 5.74) is 1.31. The normalized spacial score (nSPS) is 16.7. The SMILES string of the molecule is COc1ccc2nc(N3C(=O)C(O)=C(C(=O)C(C)C)C3c3ccc(O)cc3)sc2c1. The molecule has 1 aliphatic heterocycles. The van der Waals surface area contributed by atoms with Crippen molar-refractivity contribution >= 4 is 38.4 Å². The number of phenolic OH excluding ortho intramolecular Hbond substituents is 1. The van der Waals surface area contributed by atoms with Gasteiger partial charge < -0.3 is 14.9 Å². The maximum Gasteiger partial charge on any atom is 0.296 e. The van der Waals surface area contributed by atoms with Crippen LogP contribution in [0.2, 0.25) is 0 Å². The molecule has 1 unspecified atom stereocenters. The van der Waals surface area contributed by atoms with Gasteiger partial charge in [-0.1, -0.05) is 37.3 Å². The van der Waals surface area contributed by atoms with Gasteiger partial charge in [-0.2, -0.15) is 0 Å². The van der Waals surface area contributed by atoms with Crippen LogP contribution >= 0.6 is 11.3 Å². The van der Waals surface area contributed by atoms with E-state index < -0.39 is 23.6 Å². The van der Waals surface area contributed by atoms with Crippen molar-refractivity contribution < 1.29 is 24.5 Å². The van der Waals surface area contributed by atoms with Crippen molar-refractivity contribution in [3.05, 3.63) is 59.4 Å². The number of carbonyl (C=O) groups is 2. The maximum absolute atomic E-state index is 13.1. The number of thiazole rings is 1. The molecule has 0 saturated heterocycles. The lowest BCUT2D eigenvalue weighted by Crippen LogP contribution is -2.31. The van der Waals surface area contributed by atoms with Crippen molar-refractivity contribution in [3.63, 3.8) is 0 Å². The molecule has 7 nitrogen and oxygen atoms in total. The lowest BCUT2D eigenvalue weighted by atomic mass is 9.91. The van der Waals surface area contributed by atoms with Crippen LogP contribution in [0.5, 0.6) is 11.5 Å². The number of nitrogens with zero attached hydrogens (tertiary/aromatic N) is 2. The van der Waals surface area contributed by atoms with Gasteiger partial charge in [0, 0.05) is 5.92 Å². The first kappa shape index (κ1) is 19.9. The number of aromatic nitrogens is 1. The first-order valence-corrected chi connectivity index (χ1v) is 10.2. The third-order valence-corrected chi connectivity index (χ3v) is 6.01. The molecule has 2 N–H and O–H groups in total. The van der Waals surface area contributed by atoms with Crippen molar-refractivity contribution in [2.45, 2.75) is 19.9 Å². The minimum atomic E-state index is -0.838. The molecule has 0 spiro atoms. The smallest absolute Gasteiger partial charge is 0.296 e. The number of hydrogen-bond donors (Lipinski definition) is 2. The van der Waals surface area contributed by atoms with E-state index in [9.17, 15) is 19.8 Å². The summed E-state index contributed by atoms with van der Waals surface area (Å²) in [5, 5.41) is 20.7. The number of aliphatic hydroxyl groups is 1. The molecular formula is C22H20N2O5S. The summed E-state index contributed by atoms with van der Waals surface area (Å²) in [6.45, 7) is 3.43. The standard InChI is InChI=1S/C22H20N2O5S/c1-11(2)19(26)17-18(12-4-6-13(25)7-5-12)24(21(28)20(17)27)22-23-15-9-8-14(29-3)10-16(15)30-22/h4-11,18,25,27H,1-3H3. The Labute approximate surface area is 176 Å². The molecule has 1 atom stereocenters. The van der Waals surface area contributed by atoms with Crippen LogP contribution < -0.4 is 9.64 Å². The van der Waals surface area contributed by atoms with Gasteiger partial charge in [0.2, 0.25) is 0 Å². The molecule has 0 fully saturated rings. The van der Waals surface area contributed by atoms with Crippen LogP contribution in [0.3, 0.4) is 0 Å². The summed E-state index contributed by atoms with van der Waals surface area (Å²) in [4.78, 5) is 31.9. The monoisotopic (exact) mass is 424 g/mol. The Balaban J connectivity index is 1.88. The van der Waals surface area contributed by atoms with E-state index in [1.807, 2.05) is 6.07 Å². The van der Waals surface area contributed by atoms with E-state index in [0.717, 1.165) is 4.70 Å². The number of benzene rings is 2. The van der Waals surface area contributed by atoms with Crippen molar-refractivity contribution in [3.8, 4) is 11.5 Å². The molecule has 1 aromatic heterocycles. The lowest BCUT2D eigenvalue weighted by Gasteiger charge is -2.25. The first-order valence-electron chi connectivity index (χ1n) is 9.36. The first-order chi connectivity index (χ1) is 14.3. The van der Waals surface area contributed by atoms with Gasteiger partial charge in [-0.25, -0.2) is 4.98 Å². The number of ether oxygens (including phenoxy) is 1. The molecule has 30 heavy (non-hydrogen) atoms. The third-order valence-electron chi connectivity index (χ3n) is 5.00. The summed E-state index contributed by atoms with van der Waals surface area (Å²) in [6, 6.07) is 10.8. The molecule has 2 aromatic carbocycles. The van der Waals surface area contributed by atoms with E-state index in [2.05, 4.69) is 4.98 Å². The van der Waals surface area contributed by atoms with Crippen molar-refractivity contribution in [2.24, 2.45) is 5.92 Å². The van der Waals surface area contributed by atoms with Gasteiger partial charge in [0.25, 0.3) is 5.91 Å². The molecule has 4 rings (SSSR count).